The van der Waals surface area contributed by atoms with E-state index in [1.165, 1.54) is 17.0 Å². The fraction of sp³-hybridized carbons (Fsp3) is 0.185. The minimum Gasteiger partial charge on any atom is -0.497 e. The zero-order chi connectivity index (χ0) is 23.4. The van der Waals surface area contributed by atoms with E-state index in [9.17, 15) is 14.0 Å². The molecule has 3 aromatic carbocycles. The molecule has 33 heavy (non-hydrogen) atoms. The van der Waals surface area contributed by atoms with Crippen LogP contribution in [0.15, 0.2) is 84.6 Å². The topological polar surface area (TPSA) is 49.9 Å². The number of rotatable bonds is 8. The van der Waals surface area contributed by atoms with E-state index in [1.807, 2.05) is 54.6 Å². The molecule has 5 nitrogen and oxygen atoms in total. The van der Waals surface area contributed by atoms with Gasteiger partial charge in [0.25, 0.3) is 11.8 Å². The van der Waals surface area contributed by atoms with E-state index in [0.717, 1.165) is 16.9 Å². The number of ether oxygens (including phenoxy) is 1. The lowest BCUT2D eigenvalue weighted by Gasteiger charge is -2.21. The van der Waals surface area contributed by atoms with Gasteiger partial charge in [0.2, 0.25) is 0 Å². The number of imide groups is 1. The average Bonchev–Trinajstić information content (AvgIpc) is 3.08. The van der Waals surface area contributed by atoms with Crippen LogP contribution in [-0.4, -0.2) is 42.3 Å². The molecule has 0 unspecified atom stereocenters. The summed E-state index contributed by atoms with van der Waals surface area (Å²) in [6.07, 6.45) is 0.522. The summed E-state index contributed by atoms with van der Waals surface area (Å²) in [5, 5.41) is 0. The smallest absolute Gasteiger partial charge is 0.277 e. The Bertz CT molecular complexity index is 1170. The van der Waals surface area contributed by atoms with Gasteiger partial charge in [-0.15, -0.1) is 0 Å². The van der Waals surface area contributed by atoms with Crippen molar-refractivity contribution in [2.24, 2.45) is 0 Å². The predicted molar refractivity (Wildman–Crippen MR) is 125 cm³/mol. The molecule has 1 heterocycles. The first-order valence-electron chi connectivity index (χ1n) is 10.7. The zero-order valence-corrected chi connectivity index (χ0v) is 18.6. The van der Waals surface area contributed by atoms with Gasteiger partial charge in [0.05, 0.1) is 12.7 Å². The second-order valence-corrected chi connectivity index (χ2v) is 7.93. The number of hydrogen-bond donors (Lipinski definition) is 0. The molecule has 0 radical (unpaired) electrons. The van der Waals surface area contributed by atoms with Gasteiger partial charge >= 0.3 is 0 Å². The van der Waals surface area contributed by atoms with Crippen molar-refractivity contribution in [3.8, 4) is 5.75 Å². The molecule has 168 valence electrons. The summed E-state index contributed by atoms with van der Waals surface area (Å²) < 4.78 is 18.7. The van der Waals surface area contributed by atoms with Gasteiger partial charge < -0.3 is 9.64 Å². The van der Waals surface area contributed by atoms with E-state index in [4.69, 9.17) is 4.74 Å². The Balaban J connectivity index is 1.62. The highest BCUT2D eigenvalue weighted by atomic mass is 19.1. The zero-order valence-electron chi connectivity index (χ0n) is 18.6. The number of likely N-dealkylation sites (N-methyl/N-ethyl adjacent to an activating group) is 1. The molecule has 0 spiro atoms. The Labute approximate surface area is 192 Å². The summed E-state index contributed by atoms with van der Waals surface area (Å²) in [5.41, 5.74) is 3.16. The van der Waals surface area contributed by atoms with Crippen molar-refractivity contribution >= 4 is 17.4 Å². The highest BCUT2D eigenvalue weighted by molar-refractivity contribution is 6.35. The van der Waals surface area contributed by atoms with E-state index in [1.54, 1.807) is 31.2 Å². The number of hydrogen-bond acceptors (Lipinski definition) is 4. The van der Waals surface area contributed by atoms with E-state index in [2.05, 4.69) is 0 Å². The van der Waals surface area contributed by atoms with E-state index >= 15 is 0 Å². The number of nitrogens with zero attached hydrogens (tertiary/aromatic N) is 2. The van der Waals surface area contributed by atoms with Crippen molar-refractivity contribution in [3.63, 3.8) is 0 Å². The Hall–Kier alpha value is -3.93. The van der Waals surface area contributed by atoms with Gasteiger partial charge in [0, 0.05) is 20.1 Å². The van der Waals surface area contributed by atoms with Crippen molar-refractivity contribution in [2.45, 2.75) is 13.0 Å². The Kier molecular flexibility index (Phi) is 6.54. The molecule has 0 atom stereocenters. The fourth-order valence-electron chi connectivity index (χ4n) is 3.97. The Morgan fingerprint density at radius 3 is 2.15 bits per heavy atom. The van der Waals surface area contributed by atoms with Gasteiger partial charge in [-0.2, -0.15) is 0 Å². The minimum absolute atomic E-state index is 0.247. The Morgan fingerprint density at radius 2 is 1.52 bits per heavy atom. The van der Waals surface area contributed by atoms with Crippen LogP contribution in [-0.2, 0) is 22.6 Å². The number of methoxy groups -OCH3 is 1. The van der Waals surface area contributed by atoms with Crippen molar-refractivity contribution in [1.82, 2.24) is 9.80 Å². The Morgan fingerprint density at radius 1 is 0.848 bits per heavy atom. The van der Waals surface area contributed by atoms with Crippen LogP contribution in [0.2, 0.25) is 0 Å². The summed E-state index contributed by atoms with van der Waals surface area (Å²) in [6, 6.07) is 23.0. The van der Waals surface area contributed by atoms with Crippen molar-refractivity contribution in [2.75, 3.05) is 20.7 Å². The predicted octanol–water partition coefficient (Wildman–Crippen LogP) is 4.29. The van der Waals surface area contributed by atoms with Crippen molar-refractivity contribution < 1.29 is 18.7 Å². The fourth-order valence-corrected chi connectivity index (χ4v) is 3.97. The van der Waals surface area contributed by atoms with Gasteiger partial charge in [0.15, 0.2) is 0 Å². The molecule has 0 aliphatic carbocycles. The van der Waals surface area contributed by atoms with E-state index < -0.39 is 5.82 Å². The third-order valence-electron chi connectivity index (χ3n) is 5.70. The molecular weight excluding hydrogens is 419 g/mol. The number of carbonyl (C=O) groups excluding carboxylic acids is 2. The molecule has 0 saturated heterocycles. The van der Waals surface area contributed by atoms with Crippen LogP contribution in [0.5, 0.6) is 5.75 Å². The largest absolute Gasteiger partial charge is 0.497 e. The molecule has 0 bridgehead atoms. The summed E-state index contributed by atoms with van der Waals surface area (Å²) in [7, 11) is 3.40. The summed E-state index contributed by atoms with van der Waals surface area (Å²) >= 11 is 0. The molecule has 0 fully saturated rings. The van der Waals surface area contributed by atoms with Crippen LogP contribution < -0.4 is 4.74 Å². The third-order valence-corrected chi connectivity index (χ3v) is 5.70. The monoisotopic (exact) mass is 444 g/mol. The summed E-state index contributed by atoms with van der Waals surface area (Å²) in [5.74, 6) is -0.356. The third kappa shape index (κ3) is 4.80. The lowest BCUT2D eigenvalue weighted by molar-refractivity contribution is -0.137. The summed E-state index contributed by atoms with van der Waals surface area (Å²) in [6.45, 7) is 0.712. The number of benzene rings is 3. The second kappa shape index (κ2) is 9.69. The summed E-state index contributed by atoms with van der Waals surface area (Å²) in [4.78, 5) is 29.9. The molecule has 0 N–H and O–H groups in total. The first-order valence-corrected chi connectivity index (χ1v) is 10.7. The number of halogens is 1. The first kappa shape index (κ1) is 22.3. The van der Waals surface area contributed by atoms with Gasteiger partial charge in [-0.1, -0.05) is 54.6 Å². The van der Waals surface area contributed by atoms with Gasteiger partial charge in [-0.25, -0.2) is 4.39 Å². The van der Waals surface area contributed by atoms with Gasteiger partial charge in [-0.3, -0.25) is 14.5 Å². The average molecular weight is 445 g/mol. The van der Waals surface area contributed by atoms with Crippen LogP contribution in [0.4, 0.5) is 4.39 Å². The molecule has 0 aromatic heterocycles. The van der Waals surface area contributed by atoms with Crippen molar-refractivity contribution in [3.05, 3.63) is 107 Å². The van der Waals surface area contributed by atoms with Crippen LogP contribution in [0.25, 0.3) is 5.57 Å². The molecule has 6 heteroatoms. The SMILES string of the molecule is COc1ccc(CCN2C(=O)C(c3ccc(F)cc3)=C(N(C)Cc3ccccc3)C2=O)cc1. The quantitative estimate of drug-likeness (QED) is 0.487. The van der Waals surface area contributed by atoms with Crippen LogP contribution in [0.3, 0.4) is 0 Å². The van der Waals surface area contributed by atoms with Crippen molar-refractivity contribution in [1.29, 1.82) is 0 Å². The van der Waals surface area contributed by atoms with Gasteiger partial charge in [0.1, 0.15) is 17.3 Å². The molecule has 3 aromatic rings. The van der Waals surface area contributed by atoms with E-state index in [0.29, 0.717) is 29.8 Å². The van der Waals surface area contributed by atoms with E-state index in [-0.39, 0.29) is 18.4 Å². The highest BCUT2D eigenvalue weighted by Crippen LogP contribution is 2.32. The maximum atomic E-state index is 13.5. The molecule has 1 aliphatic heterocycles. The minimum atomic E-state index is -0.397. The lowest BCUT2D eigenvalue weighted by atomic mass is 10.0. The lowest BCUT2D eigenvalue weighted by Crippen LogP contribution is -2.35. The van der Waals surface area contributed by atoms with Crippen LogP contribution in [0.1, 0.15) is 16.7 Å². The van der Waals surface area contributed by atoms with Crippen LogP contribution >= 0.6 is 0 Å². The molecule has 2 amide bonds. The van der Waals surface area contributed by atoms with Crippen LogP contribution in [0, 0.1) is 5.82 Å². The maximum absolute atomic E-state index is 13.5. The van der Waals surface area contributed by atoms with Gasteiger partial charge in [-0.05, 0) is 47.4 Å². The number of amides is 2. The standard InChI is InChI=1S/C27H25FN2O3/c1-29(18-20-6-4-3-5-7-20)25-24(21-10-12-22(28)13-11-21)26(31)30(27(25)32)17-16-19-8-14-23(33-2)15-9-19/h3-15H,16-18H2,1-2H3. The molecule has 1 aliphatic rings. The first-order chi connectivity index (χ1) is 16.0. The second-order valence-electron chi connectivity index (χ2n) is 7.93. The maximum Gasteiger partial charge on any atom is 0.277 e. The normalized spacial score (nSPS) is 13.6. The number of carbonyl (C=O) groups is 2. The highest BCUT2D eigenvalue weighted by Gasteiger charge is 2.40. The molecule has 4 rings (SSSR count). The molecular formula is C27H25FN2O3. The molecule has 0 saturated carbocycles.